The molecule has 0 bridgehead atoms. The molecule has 0 atom stereocenters. The first kappa shape index (κ1) is 12.3. The highest BCUT2D eigenvalue weighted by Gasteiger charge is 2.33. The summed E-state index contributed by atoms with van der Waals surface area (Å²) in [6, 6.07) is 12.5. The van der Waals surface area contributed by atoms with E-state index in [4.69, 9.17) is 0 Å². The van der Waals surface area contributed by atoms with Crippen LogP contribution in [0.15, 0.2) is 48.5 Å². The summed E-state index contributed by atoms with van der Waals surface area (Å²) in [6.07, 6.45) is -4.84. The van der Waals surface area contributed by atoms with E-state index >= 15 is 0 Å². The summed E-state index contributed by atoms with van der Waals surface area (Å²) in [5.74, 6) is -1.13. The Balaban J connectivity index is 2.51. The molecule has 0 aliphatic rings. The summed E-state index contributed by atoms with van der Waals surface area (Å²) in [6.45, 7) is 0. The third-order valence-corrected chi connectivity index (χ3v) is 2.30. The Morgan fingerprint density at radius 3 is 2.17 bits per heavy atom. The minimum absolute atomic E-state index is 0.188. The zero-order valence-electron chi connectivity index (χ0n) is 9.11. The smallest absolute Gasteiger partial charge is 0.504 e. The molecule has 0 fully saturated rings. The van der Waals surface area contributed by atoms with Gasteiger partial charge in [-0.25, -0.2) is 0 Å². The molecular weight excluding hydrogens is 245 g/mol. The summed E-state index contributed by atoms with van der Waals surface area (Å²) in [7, 11) is 0. The standard InChI is InChI=1S/C13H9F3O2/c14-13(15,16)18-12-10(7-4-8-11(12)17)9-5-2-1-3-6-9/h1-8,17H. The molecule has 2 rings (SSSR count). The van der Waals surface area contributed by atoms with Gasteiger partial charge in [0, 0.05) is 5.56 Å². The number of aromatic hydroxyl groups is 1. The van der Waals surface area contributed by atoms with Crippen molar-refractivity contribution >= 4 is 0 Å². The van der Waals surface area contributed by atoms with Gasteiger partial charge in [-0.3, -0.25) is 0 Å². The quantitative estimate of drug-likeness (QED) is 0.879. The monoisotopic (exact) mass is 254 g/mol. The van der Waals surface area contributed by atoms with Crippen molar-refractivity contribution in [1.29, 1.82) is 0 Å². The number of halogens is 3. The van der Waals surface area contributed by atoms with E-state index in [-0.39, 0.29) is 5.56 Å². The second-order valence-electron chi connectivity index (χ2n) is 3.57. The second kappa shape index (κ2) is 4.60. The Kier molecular flexibility index (Phi) is 3.14. The minimum Gasteiger partial charge on any atom is -0.504 e. The number of rotatable bonds is 2. The Morgan fingerprint density at radius 2 is 1.56 bits per heavy atom. The zero-order valence-corrected chi connectivity index (χ0v) is 9.11. The van der Waals surface area contributed by atoms with E-state index in [1.54, 1.807) is 30.3 Å². The van der Waals surface area contributed by atoms with Crippen LogP contribution in [0.25, 0.3) is 11.1 Å². The number of hydrogen-bond acceptors (Lipinski definition) is 2. The van der Waals surface area contributed by atoms with Crippen molar-refractivity contribution < 1.29 is 23.0 Å². The second-order valence-corrected chi connectivity index (χ2v) is 3.57. The van der Waals surface area contributed by atoms with Crippen LogP contribution in [-0.4, -0.2) is 11.5 Å². The normalized spacial score (nSPS) is 11.3. The van der Waals surface area contributed by atoms with Crippen molar-refractivity contribution in [1.82, 2.24) is 0 Å². The summed E-state index contributed by atoms with van der Waals surface area (Å²) in [4.78, 5) is 0. The number of ether oxygens (including phenoxy) is 1. The van der Waals surface area contributed by atoms with Gasteiger partial charge in [-0.15, -0.1) is 13.2 Å². The summed E-state index contributed by atoms with van der Waals surface area (Å²) in [5.41, 5.74) is 0.723. The van der Waals surface area contributed by atoms with Crippen LogP contribution in [0.1, 0.15) is 0 Å². The number of benzene rings is 2. The van der Waals surface area contributed by atoms with E-state index in [1.165, 1.54) is 12.1 Å². The molecule has 0 spiro atoms. The molecule has 2 nitrogen and oxygen atoms in total. The van der Waals surface area contributed by atoms with Crippen molar-refractivity contribution in [3.8, 4) is 22.6 Å². The molecule has 0 amide bonds. The number of phenols is 1. The van der Waals surface area contributed by atoms with Crippen LogP contribution in [0.4, 0.5) is 13.2 Å². The molecule has 0 radical (unpaired) electrons. The molecule has 2 aromatic rings. The van der Waals surface area contributed by atoms with E-state index in [0.29, 0.717) is 5.56 Å². The predicted octanol–water partition coefficient (Wildman–Crippen LogP) is 3.96. The van der Waals surface area contributed by atoms with Gasteiger partial charge < -0.3 is 9.84 Å². The lowest BCUT2D eigenvalue weighted by Gasteiger charge is -2.14. The Hall–Kier alpha value is -2.17. The third kappa shape index (κ3) is 2.74. The van der Waals surface area contributed by atoms with Crippen LogP contribution in [0.5, 0.6) is 11.5 Å². The lowest BCUT2D eigenvalue weighted by Crippen LogP contribution is -2.17. The molecule has 0 heterocycles. The van der Waals surface area contributed by atoms with Gasteiger partial charge >= 0.3 is 6.36 Å². The largest absolute Gasteiger partial charge is 0.573 e. The van der Waals surface area contributed by atoms with Crippen molar-refractivity contribution in [2.75, 3.05) is 0 Å². The highest BCUT2D eigenvalue weighted by Crippen LogP contribution is 2.40. The first-order chi connectivity index (χ1) is 8.47. The molecule has 1 N–H and O–H groups in total. The molecule has 0 saturated heterocycles. The van der Waals surface area contributed by atoms with Gasteiger partial charge in [-0.05, 0) is 11.6 Å². The lowest BCUT2D eigenvalue weighted by molar-refractivity contribution is -0.274. The molecule has 94 valence electrons. The number of alkyl halides is 3. The highest BCUT2D eigenvalue weighted by molar-refractivity contribution is 5.73. The molecular formula is C13H9F3O2. The van der Waals surface area contributed by atoms with Crippen molar-refractivity contribution in [3.05, 3.63) is 48.5 Å². The van der Waals surface area contributed by atoms with Gasteiger partial charge in [0.25, 0.3) is 0 Å². The summed E-state index contributed by atoms with van der Waals surface area (Å²) < 4.78 is 40.7. The lowest BCUT2D eigenvalue weighted by atomic mass is 10.0. The number of para-hydroxylation sites is 1. The fourth-order valence-corrected chi connectivity index (χ4v) is 1.59. The van der Waals surface area contributed by atoms with Crippen LogP contribution in [0.3, 0.4) is 0 Å². The minimum atomic E-state index is -4.84. The van der Waals surface area contributed by atoms with Gasteiger partial charge in [-0.2, -0.15) is 0 Å². The first-order valence-electron chi connectivity index (χ1n) is 5.10. The topological polar surface area (TPSA) is 29.5 Å². The van der Waals surface area contributed by atoms with E-state index < -0.39 is 17.9 Å². The molecule has 2 aromatic carbocycles. The molecule has 0 aliphatic carbocycles. The molecule has 18 heavy (non-hydrogen) atoms. The van der Waals surface area contributed by atoms with E-state index in [9.17, 15) is 18.3 Å². The van der Waals surface area contributed by atoms with E-state index in [1.807, 2.05) is 0 Å². The SMILES string of the molecule is Oc1cccc(-c2ccccc2)c1OC(F)(F)F. The fourth-order valence-electron chi connectivity index (χ4n) is 1.59. The van der Waals surface area contributed by atoms with Crippen LogP contribution < -0.4 is 4.74 Å². The van der Waals surface area contributed by atoms with Crippen LogP contribution in [0.2, 0.25) is 0 Å². The van der Waals surface area contributed by atoms with Crippen molar-refractivity contribution in [3.63, 3.8) is 0 Å². The van der Waals surface area contributed by atoms with E-state index in [2.05, 4.69) is 4.74 Å². The maximum atomic E-state index is 12.3. The third-order valence-electron chi connectivity index (χ3n) is 2.30. The molecule has 0 saturated carbocycles. The number of hydrogen-bond donors (Lipinski definition) is 1. The van der Waals surface area contributed by atoms with Gasteiger partial charge in [0.2, 0.25) is 0 Å². The van der Waals surface area contributed by atoms with Gasteiger partial charge in [0.15, 0.2) is 11.5 Å². The molecule has 0 unspecified atom stereocenters. The summed E-state index contributed by atoms with van der Waals surface area (Å²) in [5, 5.41) is 9.49. The van der Waals surface area contributed by atoms with E-state index in [0.717, 1.165) is 6.07 Å². The number of phenolic OH excluding ortho intramolecular Hbond substituents is 1. The van der Waals surface area contributed by atoms with Gasteiger partial charge in [0.1, 0.15) is 0 Å². The van der Waals surface area contributed by atoms with Crippen LogP contribution in [0, 0.1) is 0 Å². The molecule has 5 heteroatoms. The van der Waals surface area contributed by atoms with Crippen molar-refractivity contribution in [2.24, 2.45) is 0 Å². The van der Waals surface area contributed by atoms with Crippen LogP contribution >= 0.6 is 0 Å². The first-order valence-corrected chi connectivity index (χ1v) is 5.10. The maximum Gasteiger partial charge on any atom is 0.573 e. The van der Waals surface area contributed by atoms with Gasteiger partial charge in [-0.1, -0.05) is 42.5 Å². The maximum absolute atomic E-state index is 12.3. The zero-order chi connectivity index (χ0) is 13.2. The Labute approximate surface area is 101 Å². The van der Waals surface area contributed by atoms with Gasteiger partial charge in [0.05, 0.1) is 0 Å². The Morgan fingerprint density at radius 1 is 0.889 bits per heavy atom. The van der Waals surface area contributed by atoms with Crippen molar-refractivity contribution in [2.45, 2.75) is 6.36 Å². The van der Waals surface area contributed by atoms with Crippen LogP contribution in [-0.2, 0) is 0 Å². The molecule has 0 aromatic heterocycles. The fraction of sp³-hybridized carbons (Fsp3) is 0.0769. The average Bonchev–Trinajstić information content (AvgIpc) is 2.31. The average molecular weight is 254 g/mol. The highest BCUT2D eigenvalue weighted by atomic mass is 19.4. The molecule has 0 aliphatic heterocycles. The Bertz CT molecular complexity index is 536. The summed E-state index contributed by atoms with van der Waals surface area (Å²) >= 11 is 0. The predicted molar refractivity (Wildman–Crippen MR) is 60.2 cm³/mol.